The van der Waals surface area contributed by atoms with E-state index in [1.165, 1.54) is 0 Å². The Morgan fingerprint density at radius 2 is 2.17 bits per heavy atom. The average Bonchev–Trinajstić information content (AvgIpc) is 3.28. The maximum Gasteiger partial charge on any atom is 0.132 e. The van der Waals surface area contributed by atoms with Gasteiger partial charge in [-0.25, -0.2) is 0 Å². The Kier molecular flexibility index (Phi) is 5.52. The lowest BCUT2D eigenvalue weighted by atomic mass is 10.1. The summed E-state index contributed by atoms with van der Waals surface area (Å²) in [6.07, 6.45) is 3.96. The predicted octanol–water partition coefficient (Wildman–Crippen LogP) is 3.12. The highest BCUT2D eigenvalue weighted by molar-refractivity contribution is 5.34. The SMILES string of the molecule is N#Cc1ccc(OCCN2CCCC2CC(O)c2ccco2)cc1. The summed E-state index contributed by atoms with van der Waals surface area (Å²) in [6.45, 7) is 2.46. The number of benzene rings is 1. The molecule has 2 aromatic rings. The molecule has 1 aromatic heterocycles. The van der Waals surface area contributed by atoms with Crippen LogP contribution in [0.15, 0.2) is 47.1 Å². The molecule has 1 aromatic carbocycles. The van der Waals surface area contributed by atoms with Crippen molar-refractivity contribution in [3.8, 4) is 11.8 Å². The van der Waals surface area contributed by atoms with Gasteiger partial charge in [0.2, 0.25) is 0 Å². The highest BCUT2D eigenvalue weighted by atomic mass is 16.5. The quantitative estimate of drug-likeness (QED) is 0.846. The number of likely N-dealkylation sites (tertiary alicyclic amines) is 1. The predicted molar refractivity (Wildman–Crippen MR) is 89.5 cm³/mol. The summed E-state index contributed by atoms with van der Waals surface area (Å²) >= 11 is 0. The van der Waals surface area contributed by atoms with Crippen molar-refractivity contribution in [1.29, 1.82) is 5.26 Å². The lowest BCUT2D eigenvalue weighted by Crippen LogP contribution is -2.34. The first-order valence-corrected chi connectivity index (χ1v) is 8.35. The first-order valence-electron chi connectivity index (χ1n) is 8.35. The molecule has 0 amide bonds. The highest BCUT2D eigenvalue weighted by Crippen LogP contribution is 2.27. The average molecular weight is 326 g/mol. The minimum absolute atomic E-state index is 0.356. The number of aliphatic hydroxyl groups excluding tert-OH is 1. The van der Waals surface area contributed by atoms with Crippen LogP contribution in [-0.4, -0.2) is 35.7 Å². The second kappa shape index (κ2) is 8.00. The van der Waals surface area contributed by atoms with Crippen LogP contribution >= 0.6 is 0 Å². The van der Waals surface area contributed by atoms with Gasteiger partial charge in [-0.3, -0.25) is 4.90 Å². The molecule has 2 heterocycles. The minimum atomic E-state index is -0.551. The molecule has 24 heavy (non-hydrogen) atoms. The second-order valence-corrected chi connectivity index (χ2v) is 6.08. The molecule has 2 atom stereocenters. The Morgan fingerprint density at radius 3 is 2.88 bits per heavy atom. The van der Waals surface area contributed by atoms with E-state index in [2.05, 4.69) is 11.0 Å². The summed E-state index contributed by atoms with van der Waals surface area (Å²) in [5.74, 6) is 1.41. The van der Waals surface area contributed by atoms with E-state index in [0.29, 0.717) is 30.4 Å². The normalized spacial score (nSPS) is 19.1. The van der Waals surface area contributed by atoms with Crippen LogP contribution in [0.25, 0.3) is 0 Å². The molecule has 1 saturated heterocycles. The molecule has 0 radical (unpaired) electrons. The van der Waals surface area contributed by atoms with Crippen LogP contribution in [0.2, 0.25) is 0 Å². The topological polar surface area (TPSA) is 69.6 Å². The molecule has 0 saturated carbocycles. The summed E-state index contributed by atoms with van der Waals surface area (Å²) in [6, 6.07) is 13.2. The molecule has 2 unspecified atom stereocenters. The number of hydrogen-bond donors (Lipinski definition) is 1. The van der Waals surface area contributed by atoms with Gasteiger partial charge in [-0.05, 0) is 62.2 Å². The van der Waals surface area contributed by atoms with Crippen LogP contribution in [0.5, 0.6) is 5.75 Å². The van der Waals surface area contributed by atoms with Gasteiger partial charge in [0.25, 0.3) is 0 Å². The van der Waals surface area contributed by atoms with Gasteiger partial charge in [0.05, 0.1) is 17.9 Å². The van der Waals surface area contributed by atoms with Crippen molar-refractivity contribution in [1.82, 2.24) is 4.90 Å². The van der Waals surface area contributed by atoms with Crippen molar-refractivity contribution in [2.45, 2.75) is 31.4 Å². The third-order valence-electron chi connectivity index (χ3n) is 4.50. The zero-order chi connectivity index (χ0) is 16.8. The Hall–Kier alpha value is -2.29. The molecular formula is C19H22N2O3. The van der Waals surface area contributed by atoms with Gasteiger partial charge in [-0.2, -0.15) is 5.26 Å². The molecule has 1 aliphatic rings. The van der Waals surface area contributed by atoms with Crippen LogP contribution in [0.1, 0.15) is 36.7 Å². The van der Waals surface area contributed by atoms with E-state index < -0.39 is 6.10 Å². The first-order chi connectivity index (χ1) is 11.8. The van der Waals surface area contributed by atoms with Crippen molar-refractivity contribution in [2.75, 3.05) is 19.7 Å². The van der Waals surface area contributed by atoms with Gasteiger partial charge < -0.3 is 14.3 Å². The van der Waals surface area contributed by atoms with Gasteiger partial charge in [0, 0.05) is 12.6 Å². The van der Waals surface area contributed by atoms with E-state index in [1.54, 1.807) is 24.5 Å². The molecule has 3 rings (SSSR count). The van der Waals surface area contributed by atoms with E-state index in [1.807, 2.05) is 18.2 Å². The van der Waals surface area contributed by atoms with Gasteiger partial charge in [-0.1, -0.05) is 0 Å². The van der Waals surface area contributed by atoms with Gasteiger partial charge in [0.1, 0.15) is 24.2 Å². The van der Waals surface area contributed by atoms with E-state index >= 15 is 0 Å². The molecule has 1 N–H and O–H groups in total. The van der Waals surface area contributed by atoms with Crippen molar-refractivity contribution in [2.24, 2.45) is 0 Å². The first kappa shape index (κ1) is 16.6. The lowest BCUT2D eigenvalue weighted by Gasteiger charge is -2.25. The summed E-state index contributed by atoms with van der Waals surface area (Å²) in [4.78, 5) is 2.37. The number of ether oxygens (including phenoxy) is 1. The van der Waals surface area contributed by atoms with E-state index in [0.717, 1.165) is 31.7 Å². The fourth-order valence-electron chi connectivity index (χ4n) is 3.22. The number of nitriles is 1. The summed E-state index contributed by atoms with van der Waals surface area (Å²) in [5.41, 5.74) is 0.633. The van der Waals surface area contributed by atoms with Crippen LogP contribution < -0.4 is 4.74 Å². The number of furan rings is 1. The fraction of sp³-hybridized carbons (Fsp3) is 0.421. The summed E-state index contributed by atoms with van der Waals surface area (Å²) in [7, 11) is 0. The molecule has 0 aliphatic carbocycles. The Bertz CT molecular complexity index is 661. The van der Waals surface area contributed by atoms with Crippen molar-refractivity contribution < 1.29 is 14.3 Å². The van der Waals surface area contributed by atoms with E-state index in [4.69, 9.17) is 14.4 Å². The van der Waals surface area contributed by atoms with Crippen molar-refractivity contribution in [3.63, 3.8) is 0 Å². The number of rotatable bonds is 7. The molecular weight excluding hydrogens is 304 g/mol. The maximum absolute atomic E-state index is 10.3. The zero-order valence-corrected chi connectivity index (χ0v) is 13.6. The number of aliphatic hydroxyl groups is 1. The third-order valence-corrected chi connectivity index (χ3v) is 4.50. The van der Waals surface area contributed by atoms with E-state index in [9.17, 15) is 5.11 Å². The van der Waals surface area contributed by atoms with Crippen LogP contribution in [0.3, 0.4) is 0 Å². The molecule has 1 fully saturated rings. The fourth-order valence-corrected chi connectivity index (χ4v) is 3.22. The lowest BCUT2D eigenvalue weighted by molar-refractivity contribution is 0.0961. The van der Waals surface area contributed by atoms with Crippen LogP contribution in [-0.2, 0) is 0 Å². The largest absolute Gasteiger partial charge is 0.492 e. The van der Waals surface area contributed by atoms with E-state index in [-0.39, 0.29) is 0 Å². The van der Waals surface area contributed by atoms with Crippen LogP contribution in [0, 0.1) is 11.3 Å². The monoisotopic (exact) mass is 326 g/mol. The molecule has 126 valence electrons. The Morgan fingerprint density at radius 1 is 1.33 bits per heavy atom. The van der Waals surface area contributed by atoms with Crippen molar-refractivity contribution >= 4 is 0 Å². The number of nitrogens with zero attached hydrogens (tertiary/aromatic N) is 2. The number of hydrogen-bond acceptors (Lipinski definition) is 5. The van der Waals surface area contributed by atoms with Crippen molar-refractivity contribution in [3.05, 3.63) is 54.0 Å². The smallest absolute Gasteiger partial charge is 0.132 e. The molecule has 5 heteroatoms. The minimum Gasteiger partial charge on any atom is -0.492 e. The maximum atomic E-state index is 10.3. The van der Waals surface area contributed by atoms with Gasteiger partial charge in [0.15, 0.2) is 0 Å². The second-order valence-electron chi connectivity index (χ2n) is 6.08. The van der Waals surface area contributed by atoms with Crippen LogP contribution in [0.4, 0.5) is 0 Å². The summed E-state index contributed by atoms with van der Waals surface area (Å²) in [5, 5.41) is 19.1. The molecule has 0 spiro atoms. The summed E-state index contributed by atoms with van der Waals surface area (Å²) < 4.78 is 11.0. The molecule has 1 aliphatic heterocycles. The standard InChI is InChI=1S/C19H22N2O3/c20-14-15-5-7-17(8-6-15)23-12-10-21-9-1-3-16(21)13-18(22)19-4-2-11-24-19/h2,4-8,11,16,18,22H,1,3,9-10,12-13H2. The Balaban J connectivity index is 1.46. The van der Waals surface area contributed by atoms with Gasteiger partial charge >= 0.3 is 0 Å². The third kappa shape index (κ3) is 4.16. The zero-order valence-electron chi connectivity index (χ0n) is 13.6. The highest BCUT2D eigenvalue weighted by Gasteiger charge is 2.27. The van der Waals surface area contributed by atoms with Gasteiger partial charge in [-0.15, -0.1) is 0 Å². The Labute approximate surface area is 142 Å². The molecule has 0 bridgehead atoms. The molecule has 5 nitrogen and oxygen atoms in total.